The minimum atomic E-state index is 0.00424. The molecule has 0 radical (unpaired) electrons. The van der Waals surface area contributed by atoms with Crippen LogP contribution in [0.15, 0.2) is 0 Å². The van der Waals surface area contributed by atoms with E-state index < -0.39 is 0 Å². The number of fused-ring (bicyclic) bond motifs is 1. The van der Waals surface area contributed by atoms with E-state index in [1.165, 1.54) is 30.8 Å². The molecule has 4 heterocycles. The van der Waals surface area contributed by atoms with Crippen LogP contribution in [0.25, 0.3) is 0 Å². The molecular weight excluding hydrogens is 330 g/mol. The van der Waals surface area contributed by atoms with Crippen LogP contribution in [0, 0.1) is 10.8 Å². The topological polar surface area (TPSA) is 74.7 Å². The summed E-state index contributed by atoms with van der Waals surface area (Å²) >= 11 is 0. The lowest BCUT2D eigenvalue weighted by molar-refractivity contribution is -0.615. The molecule has 4 fully saturated rings. The molecule has 0 spiro atoms. The molecule has 0 aromatic carbocycles. The molecule has 4 aliphatic rings. The fraction of sp³-hybridized carbons (Fsp3) is 1.00. The molecule has 4 rings (SSSR count). The summed E-state index contributed by atoms with van der Waals surface area (Å²) in [6.45, 7) is 12.9. The van der Waals surface area contributed by atoms with Crippen LogP contribution in [0.5, 0.6) is 0 Å². The van der Waals surface area contributed by atoms with Crippen molar-refractivity contribution in [2.24, 2.45) is 5.92 Å². The highest BCUT2D eigenvalue weighted by Crippen LogP contribution is 2.29. The normalized spacial score (nSPS) is 42.8. The molecule has 26 heavy (non-hydrogen) atoms. The lowest BCUT2D eigenvalue weighted by Gasteiger charge is -2.42. The maximum Gasteiger partial charge on any atom is 0.272 e. The van der Waals surface area contributed by atoms with Gasteiger partial charge in [-0.25, -0.2) is 5.43 Å². The third-order valence-electron chi connectivity index (χ3n) is 6.68. The number of rotatable bonds is 4. The van der Waals surface area contributed by atoms with Crippen LogP contribution < -0.4 is 21.4 Å². The number of piperazine rings is 2. The smallest absolute Gasteiger partial charge is 0.272 e. The van der Waals surface area contributed by atoms with Crippen LogP contribution in [-0.2, 0) is 0 Å². The molecule has 6 atom stereocenters. The molecule has 0 saturated carbocycles. The predicted molar refractivity (Wildman–Crippen MR) is 102 cm³/mol. The number of nitrogens with one attached hydrogen (secondary N) is 4. The van der Waals surface area contributed by atoms with Crippen LogP contribution in [0.4, 0.5) is 0 Å². The molecule has 4 aliphatic heterocycles. The summed E-state index contributed by atoms with van der Waals surface area (Å²) in [7, 11) is 0. The van der Waals surface area contributed by atoms with E-state index in [1.54, 1.807) is 0 Å². The molecule has 8 nitrogen and oxygen atoms in total. The first-order valence-corrected chi connectivity index (χ1v) is 10.5. The molecule has 0 aliphatic carbocycles. The Hall–Kier alpha value is -0.640. The summed E-state index contributed by atoms with van der Waals surface area (Å²) in [5, 5.41) is 13.1. The van der Waals surface area contributed by atoms with Crippen LogP contribution in [0.1, 0.15) is 26.7 Å². The van der Waals surface area contributed by atoms with Gasteiger partial charge in [0, 0.05) is 79.9 Å². The molecule has 0 amide bonds. The van der Waals surface area contributed by atoms with E-state index in [9.17, 15) is 4.91 Å². The Morgan fingerprint density at radius 3 is 2.62 bits per heavy atom. The highest BCUT2D eigenvalue weighted by Gasteiger charge is 2.53. The van der Waals surface area contributed by atoms with Gasteiger partial charge in [-0.2, -0.15) is 5.01 Å². The third-order valence-corrected chi connectivity index (χ3v) is 6.68. The zero-order valence-electron chi connectivity index (χ0n) is 16.3. The molecular formula is C18H36N7O+. The van der Waals surface area contributed by atoms with Crippen molar-refractivity contribution in [1.82, 2.24) is 31.3 Å². The molecule has 4 N–H and O–H groups in total. The van der Waals surface area contributed by atoms with E-state index in [4.69, 9.17) is 0 Å². The van der Waals surface area contributed by atoms with E-state index >= 15 is 0 Å². The number of nitroso groups, excluding NO2 is 1. The second-order valence-electron chi connectivity index (χ2n) is 8.72. The van der Waals surface area contributed by atoms with E-state index in [0.29, 0.717) is 24.0 Å². The largest absolute Gasteiger partial charge is 0.314 e. The zero-order valence-corrected chi connectivity index (χ0v) is 16.3. The molecule has 0 aromatic rings. The van der Waals surface area contributed by atoms with Gasteiger partial charge in [-0.15, -0.1) is 0 Å². The van der Waals surface area contributed by atoms with Crippen molar-refractivity contribution in [3.05, 3.63) is 4.91 Å². The SMILES string of the molecule is CC1CC(C2CNC(CCN3CCNCC3)CN2)NN2CC(C)[N+](=O)C12. The van der Waals surface area contributed by atoms with Gasteiger partial charge in [0.25, 0.3) is 6.17 Å². The van der Waals surface area contributed by atoms with Gasteiger partial charge < -0.3 is 20.9 Å². The Morgan fingerprint density at radius 2 is 1.88 bits per heavy atom. The standard InChI is InChI=1S/C18H36N7O/c1-13-9-16(22-24-12-14(2)25(26)18(13)24)17-11-20-15(10-21-17)3-6-23-7-4-19-5-8-23/h13-22H,3-12H2,1-2H3/q+1. The number of hydrazine groups is 1. The predicted octanol–water partition coefficient (Wildman–Crippen LogP) is -1.07. The summed E-state index contributed by atoms with van der Waals surface area (Å²) in [5.41, 5.74) is 3.65. The number of hydrogen-bond donors (Lipinski definition) is 4. The van der Waals surface area contributed by atoms with Crippen molar-refractivity contribution in [2.75, 3.05) is 52.4 Å². The Labute approximate surface area is 157 Å². The van der Waals surface area contributed by atoms with Gasteiger partial charge in [0.1, 0.15) is 0 Å². The molecule has 0 bridgehead atoms. The average molecular weight is 367 g/mol. The average Bonchev–Trinajstić information content (AvgIpc) is 2.95. The van der Waals surface area contributed by atoms with Gasteiger partial charge in [0.05, 0.1) is 6.54 Å². The van der Waals surface area contributed by atoms with Gasteiger partial charge >= 0.3 is 0 Å². The first-order chi connectivity index (χ1) is 12.6. The molecule has 0 aromatic heterocycles. The third kappa shape index (κ3) is 3.95. The minimum Gasteiger partial charge on any atom is -0.314 e. The van der Waals surface area contributed by atoms with E-state index in [1.807, 2.05) is 6.92 Å². The van der Waals surface area contributed by atoms with Crippen LogP contribution >= 0.6 is 0 Å². The molecule has 4 saturated heterocycles. The van der Waals surface area contributed by atoms with E-state index in [2.05, 4.69) is 38.2 Å². The molecule has 8 heteroatoms. The van der Waals surface area contributed by atoms with Crippen molar-refractivity contribution in [2.45, 2.75) is 57.0 Å². The first kappa shape index (κ1) is 18.7. The Bertz CT molecular complexity index is 490. The van der Waals surface area contributed by atoms with Crippen LogP contribution in [0.2, 0.25) is 0 Å². The maximum atomic E-state index is 12.3. The Kier molecular flexibility index (Phi) is 5.87. The fourth-order valence-electron chi connectivity index (χ4n) is 5.09. The van der Waals surface area contributed by atoms with Crippen LogP contribution in [0.3, 0.4) is 0 Å². The molecule has 148 valence electrons. The summed E-state index contributed by atoms with van der Waals surface area (Å²) in [4.78, 5) is 14.8. The lowest BCUT2D eigenvalue weighted by atomic mass is 9.91. The highest BCUT2D eigenvalue weighted by atomic mass is 16.3. The zero-order chi connectivity index (χ0) is 18.1. The second-order valence-corrected chi connectivity index (χ2v) is 8.72. The van der Waals surface area contributed by atoms with Gasteiger partial charge in [0.15, 0.2) is 0 Å². The van der Waals surface area contributed by atoms with Crippen molar-refractivity contribution in [1.29, 1.82) is 0 Å². The highest BCUT2D eigenvalue weighted by molar-refractivity contribution is 4.95. The van der Waals surface area contributed by atoms with Gasteiger partial charge in [-0.1, -0.05) is 6.92 Å². The number of hydrogen-bond acceptors (Lipinski definition) is 7. The van der Waals surface area contributed by atoms with E-state index in [-0.39, 0.29) is 12.2 Å². The summed E-state index contributed by atoms with van der Waals surface area (Å²) in [6, 6.07) is 1.49. The van der Waals surface area contributed by atoms with Crippen molar-refractivity contribution in [3.8, 4) is 0 Å². The molecule has 6 unspecified atom stereocenters. The Morgan fingerprint density at radius 1 is 1.08 bits per heavy atom. The summed E-state index contributed by atoms with van der Waals surface area (Å²) < 4.78 is 1.28. The summed E-state index contributed by atoms with van der Waals surface area (Å²) in [6.07, 6.45) is 2.27. The first-order valence-electron chi connectivity index (χ1n) is 10.5. The maximum absolute atomic E-state index is 12.3. The van der Waals surface area contributed by atoms with Gasteiger partial charge in [0.2, 0.25) is 6.04 Å². The summed E-state index contributed by atoms with van der Waals surface area (Å²) in [5.74, 6) is 0.399. The Balaban J connectivity index is 1.23. The monoisotopic (exact) mass is 366 g/mol. The van der Waals surface area contributed by atoms with Crippen LogP contribution in [-0.4, -0.2) is 97.4 Å². The van der Waals surface area contributed by atoms with Crippen molar-refractivity contribution < 1.29 is 4.76 Å². The minimum absolute atomic E-state index is 0.00424. The van der Waals surface area contributed by atoms with Gasteiger partial charge in [-0.3, -0.25) is 0 Å². The fourth-order valence-corrected chi connectivity index (χ4v) is 5.09. The second kappa shape index (κ2) is 8.16. The van der Waals surface area contributed by atoms with Gasteiger partial charge in [-0.05, 0) is 19.4 Å². The number of nitrogens with zero attached hydrogens (tertiary/aromatic N) is 3. The van der Waals surface area contributed by atoms with Crippen molar-refractivity contribution in [3.63, 3.8) is 0 Å². The van der Waals surface area contributed by atoms with E-state index in [0.717, 1.165) is 39.1 Å². The van der Waals surface area contributed by atoms with Crippen molar-refractivity contribution >= 4 is 0 Å². The quantitative estimate of drug-likeness (QED) is 0.472. The lowest BCUT2D eigenvalue weighted by Crippen LogP contribution is -2.67.